The number of rotatable bonds is 4. The van der Waals surface area contributed by atoms with Crippen molar-refractivity contribution in [3.8, 4) is 5.75 Å². The van der Waals surface area contributed by atoms with Crippen molar-refractivity contribution in [1.82, 2.24) is 15.8 Å². The van der Waals surface area contributed by atoms with Crippen LogP contribution in [0.5, 0.6) is 5.75 Å². The van der Waals surface area contributed by atoms with Crippen molar-refractivity contribution in [3.05, 3.63) is 65.2 Å². The van der Waals surface area contributed by atoms with Gasteiger partial charge in [0.1, 0.15) is 5.75 Å². The Labute approximate surface area is 156 Å². The predicted octanol–water partition coefficient (Wildman–Crippen LogP) is 3.17. The SMILES string of the molecule is Cc1ccc(C2CNNC2C2CCCN(Cc3cccc(O)c3)C2)cc1. The molecule has 4 nitrogen and oxygen atoms in total. The van der Waals surface area contributed by atoms with E-state index < -0.39 is 0 Å². The summed E-state index contributed by atoms with van der Waals surface area (Å²) in [4.78, 5) is 2.54. The van der Waals surface area contributed by atoms with E-state index in [0.29, 0.717) is 23.6 Å². The van der Waals surface area contributed by atoms with Gasteiger partial charge in [-0.15, -0.1) is 0 Å². The molecule has 3 unspecified atom stereocenters. The first-order valence-electron chi connectivity index (χ1n) is 9.74. The molecule has 0 radical (unpaired) electrons. The molecule has 3 N–H and O–H groups in total. The fraction of sp³-hybridized carbons (Fsp3) is 0.455. The number of nitrogens with zero attached hydrogens (tertiary/aromatic N) is 1. The maximum absolute atomic E-state index is 9.71. The highest BCUT2D eigenvalue weighted by Gasteiger charge is 2.36. The molecule has 0 aliphatic carbocycles. The summed E-state index contributed by atoms with van der Waals surface area (Å²) in [7, 11) is 0. The Morgan fingerprint density at radius 1 is 1.15 bits per heavy atom. The summed E-state index contributed by atoms with van der Waals surface area (Å²) in [6, 6.07) is 17.2. The van der Waals surface area contributed by atoms with E-state index >= 15 is 0 Å². The first kappa shape index (κ1) is 17.5. The van der Waals surface area contributed by atoms with Gasteiger partial charge >= 0.3 is 0 Å². The van der Waals surface area contributed by atoms with Crippen LogP contribution in [0.1, 0.15) is 35.4 Å². The molecule has 4 heteroatoms. The smallest absolute Gasteiger partial charge is 0.115 e. The lowest BCUT2D eigenvalue weighted by Crippen LogP contribution is -2.46. The Balaban J connectivity index is 1.44. The van der Waals surface area contributed by atoms with E-state index in [1.807, 2.05) is 12.1 Å². The molecule has 2 aromatic rings. The van der Waals surface area contributed by atoms with Gasteiger partial charge in [-0.05, 0) is 55.5 Å². The minimum atomic E-state index is 0.358. The van der Waals surface area contributed by atoms with Crippen molar-refractivity contribution < 1.29 is 5.11 Å². The van der Waals surface area contributed by atoms with Gasteiger partial charge in [-0.3, -0.25) is 15.8 Å². The molecule has 2 heterocycles. The summed E-state index contributed by atoms with van der Waals surface area (Å²) in [6.45, 7) is 6.31. The monoisotopic (exact) mass is 351 g/mol. The zero-order chi connectivity index (χ0) is 17.9. The van der Waals surface area contributed by atoms with Crippen molar-refractivity contribution in [2.24, 2.45) is 5.92 Å². The van der Waals surface area contributed by atoms with Crippen molar-refractivity contribution >= 4 is 0 Å². The first-order valence-corrected chi connectivity index (χ1v) is 9.74. The van der Waals surface area contributed by atoms with Crippen LogP contribution in [0.25, 0.3) is 0 Å². The number of likely N-dealkylation sites (tertiary alicyclic amines) is 1. The topological polar surface area (TPSA) is 47.5 Å². The van der Waals surface area contributed by atoms with Crippen LogP contribution < -0.4 is 10.9 Å². The highest BCUT2D eigenvalue weighted by atomic mass is 16.3. The molecular formula is C22H29N3O. The second-order valence-corrected chi connectivity index (χ2v) is 7.88. The zero-order valence-electron chi connectivity index (χ0n) is 15.5. The van der Waals surface area contributed by atoms with Crippen LogP contribution in [0.15, 0.2) is 48.5 Å². The van der Waals surface area contributed by atoms with Gasteiger partial charge in [-0.25, -0.2) is 0 Å². The summed E-state index contributed by atoms with van der Waals surface area (Å²) < 4.78 is 0. The normalized spacial score (nSPS) is 26.9. The second-order valence-electron chi connectivity index (χ2n) is 7.88. The van der Waals surface area contributed by atoms with E-state index in [1.165, 1.54) is 29.5 Å². The van der Waals surface area contributed by atoms with Crippen molar-refractivity contribution in [2.75, 3.05) is 19.6 Å². The number of nitrogens with one attached hydrogen (secondary N) is 2. The molecule has 26 heavy (non-hydrogen) atoms. The molecular weight excluding hydrogens is 322 g/mol. The van der Waals surface area contributed by atoms with Gasteiger partial charge in [0.05, 0.1) is 0 Å². The van der Waals surface area contributed by atoms with Gasteiger partial charge in [-0.2, -0.15) is 0 Å². The average molecular weight is 351 g/mol. The maximum atomic E-state index is 9.71. The lowest BCUT2D eigenvalue weighted by molar-refractivity contribution is 0.139. The Kier molecular flexibility index (Phi) is 5.25. The van der Waals surface area contributed by atoms with E-state index in [1.54, 1.807) is 6.07 Å². The molecule has 3 atom stereocenters. The number of hydrazine groups is 1. The Bertz CT molecular complexity index is 730. The molecule has 0 spiro atoms. The number of hydrogen-bond acceptors (Lipinski definition) is 4. The zero-order valence-corrected chi connectivity index (χ0v) is 15.5. The van der Waals surface area contributed by atoms with E-state index in [2.05, 4.69) is 53.0 Å². The molecule has 4 rings (SSSR count). The minimum Gasteiger partial charge on any atom is -0.508 e. The van der Waals surface area contributed by atoms with Crippen LogP contribution >= 0.6 is 0 Å². The molecule has 138 valence electrons. The number of aryl methyl sites for hydroxylation is 1. The summed E-state index contributed by atoms with van der Waals surface area (Å²) in [5.41, 5.74) is 10.9. The Morgan fingerprint density at radius 3 is 2.81 bits per heavy atom. The van der Waals surface area contributed by atoms with Gasteiger partial charge in [0.2, 0.25) is 0 Å². The number of benzene rings is 2. The first-order chi connectivity index (χ1) is 12.7. The van der Waals surface area contributed by atoms with Gasteiger partial charge in [0.15, 0.2) is 0 Å². The van der Waals surface area contributed by atoms with Crippen LogP contribution in [0.2, 0.25) is 0 Å². The number of aromatic hydroxyl groups is 1. The highest BCUT2D eigenvalue weighted by Crippen LogP contribution is 2.32. The number of piperidine rings is 1. The average Bonchev–Trinajstić information content (AvgIpc) is 3.12. The van der Waals surface area contributed by atoms with Crippen LogP contribution in [-0.2, 0) is 6.54 Å². The second kappa shape index (κ2) is 7.78. The molecule has 2 fully saturated rings. The number of phenols is 1. The van der Waals surface area contributed by atoms with E-state index in [4.69, 9.17) is 0 Å². The van der Waals surface area contributed by atoms with E-state index in [-0.39, 0.29) is 0 Å². The number of hydrogen-bond donors (Lipinski definition) is 3. The van der Waals surface area contributed by atoms with Crippen molar-refractivity contribution in [3.63, 3.8) is 0 Å². The van der Waals surface area contributed by atoms with Crippen LogP contribution in [0.4, 0.5) is 0 Å². The summed E-state index contributed by atoms with van der Waals surface area (Å²) >= 11 is 0. The summed E-state index contributed by atoms with van der Waals surface area (Å²) in [6.07, 6.45) is 2.51. The minimum absolute atomic E-state index is 0.358. The number of phenolic OH excluding ortho intramolecular Hbond substituents is 1. The molecule has 2 aromatic carbocycles. The van der Waals surface area contributed by atoms with Crippen molar-refractivity contribution in [1.29, 1.82) is 0 Å². The van der Waals surface area contributed by atoms with Gasteiger partial charge in [-0.1, -0.05) is 42.0 Å². The third kappa shape index (κ3) is 3.93. The molecule has 0 amide bonds. The van der Waals surface area contributed by atoms with Crippen LogP contribution in [0.3, 0.4) is 0 Å². The Morgan fingerprint density at radius 2 is 2.00 bits per heavy atom. The lowest BCUT2D eigenvalue weighted by atomic mass is 9.81. The molecule has 2 aliphatic heterocycles. The molecule has 0 aromatic heterocycles. The van der Waals surface area contributed by atoms with Gasteiger partial charge < -0.3 is 5.11 Å². The predicted molar refractivity (Wildman–Crippen MR) is 105 cm³/mol. The van der Waals surface area contributed by atoms with E-state index in [9.17, 15) is 5.11 Å². The fourth-order valence-electron chi connectivity index (χ4n) is 4.54. The Hall–Kier alpha value is -1.88. The molecule has 2 aliphatic rings. The molecule has 0 bridgehead atoms. The van der Waals surface area contributed by atoms with Gasteiger partial charge in [0.25, 0.3) is 0 Å². The van der Waals surface area contributed by atoms with Crippen LogP contribution in [0, 0.1) is 12.8 Å². The highest BCUT2D eigenvalue weighted by molar-refractivity contribution is 5.28. The summed E-state index contributed by atoms with van der Waals surface area (Å²) in [5, 5.41) is 9.71. The van der Waals surface area contributed by atoms with Crippen molar-refractivity contribution in [2.45, 2.75) is 38.3 Å². The fourth-order valence-corrected chi connectivity index (χ4v) is 4.54. The van der Waals surface area contributed by atoms with E-state index in [0.717, 1.165) is 26.2 Å². The summed E-state index contributed by atoms with van der Waals surface area (Å²) in [5.74, 6) is 1.53. The molecule has 0 saturated carbocycles. The van der Waals surface area contributed by atoms with Gasteiger partial charge in [0, 0.05) is 31.6 Å². The quantitative estimate of drug-likeness (QED) is 0.792. The molecule has 2 saturated heterocycles. The van der Waals surface area contributed by atoms with Crippen LogP contribution in [-0.4, -0.2) is 35.7 Å². The third-order valence-electron chi connectivity index (χ3n) is 5.90. The lowest BCUT2D eigenvalue weighted by Gasteiger charge is -2.37. The third-order valence-corrected chi connectivity index (χ3v) is 5.90. The largest absolute Gasteiger partial charge is 0.508 e. The maximum Gasteiger partial charge on any atom is 0.115 e. The standard InChI is InChI=1S/C22H29N3O/c1-16-7-9-18(10-8-16)21-13-23-24-22(21)19-5-3-11-25(15-19)14-17-4-2-6-20(26)12-17/h2,4,6-10,12,19,21-24,26H,3,5,11,13-15H2,1H3.